The molecule has 5 heteroatoms. The van der Waals surface area contributed by atoms with Gasteiger partial charge in [-0.15, -0.1) is 10.2 Å². The van der Waals surface area contributed by atoms with Crippen LogP contribution in [0.15, 0.2) is 18.3 Å². The highest BCUT2D eigenvalue weighted by Crippen LogP contribution is 2.32. The number of pyridine rings is 1. The summed E-state index contributed by atoms with van der Waals surface area (Å²) in [7, 11) is 0. The second-order valence-corrected chi connectivity index (χ2v) is 5.20. The summed E-state index contributed by atoms with van der Waals surface area (Å²) >= 11 is 1.63. The Bertz CT molecular complexity index is 523. The molecule has 2 heterocycles. The fraction of sp³-hybridized carbons (Fsp3) is 0.417. The van der Waals surface area contributed by atoms with E-state index >= 15 is 0 Å². The van der Waals surface area contributed by atoms with Crippen LogP contribution in [-0.4, -0.2) is 15.2 Å². The lowest BCUT2D eigenvalue weighted by Gasteiger charge is -2.10. The van der Waals surface area contributed by atoms with Crippen LogP contribution in [0.1, 0.15) is 35.7 Å². The molecule has 1 aliphatic rings. The summed E-state index contributed by atoms with van der Waals surface area (Å²) in [5.41, 5.74) is 2.52. The third kappa shape index (κ3) is 2.02. The van der Waals surface area contributed by atoms with Crippen LogP contribution in [0.3, 0.4) is 0 Å². The predicted molar refractivity (Wildman–Crippen MR) is 68.2 cm³/mol. The Labute approximate surface area is 104 Å². The normalized spacial score (nSPS) is 18.1. The monoisotopic (exact) mass is 246 g/mol. The van der Waals surface area contributed by atoms with Crippen molar-refractivity contribution in [2.45, 2.75) is 32.2 Å². The molecule has 1 aliphatic carbocycles. The first-order chi connectivity index (χ1) is 8.36. The molecule has 2 aromatic heterocycles. The zero-order chi connectivity index (χ0) is 11.7. The van der Waals surface area contributed by atoms with Crippen molar-refractivity contribution >= 4 is 16.5 Å². The van der Waals surface area contributed by atoms with Crippen molar-refractivity contribution in [3.8, 4) is 0 Å². The van der Waals surface area contributed by atoms with Gasteiger partial charge < -0.3 is 5.32 Å². The molecule has 0 aromatic carbocycles. The van der Waals surface area contributed by atoms with Gasteiger partial charge in [-0.25, -0.2) is 0 Å². The minimum atomic E-state index is 0.295. The molecule has 2 aromatic rings. The topological polar surface area (TPSA) is 50.7 Å². The summed E-state index contributed by atoms with van der Waals surface area (Å²) in [5, 5.41) is 13.7. The zero-order valence-corrected chi connectivity index (χ0v) is 10.5. The second kappa shape index (κ2) is 4.41. The Morgan fingerprint density at radius 3 is 3.24 bits per heavy atom. The van der Waals surface area contributed by atoms with Crippen LogP contribution in [0.4, 0.5) is 5.13 Å². The first-order valence-electron chi connectivity index (χ1n) is 5.89. The van der Waals surface area contributed by atoms with Gasteiger partial charge in [0.25, 0.3) is 0 Å². The summed E-state index contributed by atoms with van der Waals surface area (Å²) in [6, 6.07) is 4.45. The van der Waals surface area contributed by atoms with Crippen LogP contribution < -0.4 is 5.32 Å². The Kier molecular flexibility index (Phi) is 2.76. The maximum atomic E-state index is 4.46. The molecule has 17 heavy (non-hydrogen) atoms. The van der Waals surface area contributed by atoms with Crippen LogP contribution in [0, 0.1) is 0 Å². The van der Waals surface area contributed by atoms with E-state index in [0.29, 0.717) is 6.04 Å². The molecule has 0 saturated heterocycles. The van der Waals surface area contributed by atoms with E-state index in [1.807, 2.05) is 12.3 Å². The maximum absolute atomic E-state index is 4.46. The highest BCUT2D eigenvalue weighted by molar-refractivity contribution is 7.15. The number of aryl methyl sites for hydroxylation is 2. The molecule has 0 saturated carbocycles. The molecule has 0 spiro atoms. The maximum Gasteiger partial charge on any atom is 0.206 e. The zero-order valence-electron chi connectivity index (χ0n) is 9.68. The largest absolute Gasteiger partial charge is 0.352 e. The average molecular weight is 246 g/mol. The lowest BCUT2D eigenvalue weighted by Crippen LogP contribution is -2.08. The summed E-state index contributed by atoms with van der Waals surface area (Å²) in [6.45, 7) is 2.09. The van der Waals surface area contributed by atoms with Gasteiger partial charge in [-0.1, -0.05) is 24.3 Å². The van der Waals surface area contributed by atoms with Crippen molar-refractivity contribution in [1.82, 2.24) is 15.2 Å². The SMILES string of the molecule is CCc1nnc(NC2CCc3cccnc32)s1. The molecule has 88 valence electrons. The molecule has 1 atom stereocenters. The van der Waals surface area contributed by atoms with Gasteiger partial charge in [-0.2, -0.15) is 0 Å². The van der Waals surface area contributed by atoms with Crippen LogP contribution >= 0.6 is 11.3 Å². The van der Waals surface area contributed by atoms with Crippen molar-refractivity contribution in [3.05, 3.63) is 34.6 Å². The van der Waals surface area contributed by atoms with Crippen molar-refractivity contribution in [2.75, 3.05) is 5.32 Å². The standard InChI is InChI=1S/C12H14N4S/c1-2-10-15-16-12(17-10)14-9-6-5-8-4-3-7-13-11(8)9/h3-4,7,9H,2,5-6H2,1H3,(H,14,16). The van der Waals surface area contributed by atoms with Gasteiger partial charge in [0, 0.05) is 6.20 Å². The van der Waals surface area contributed by atoms with Crippen molar-refractivity contribution in [1.29, 1.82) is 0 Å². The highest BCUT2D eigenvalue weighted by Gasteiger charge is 2.24. The van der Waals surface area contributed by atoms with Gasteiger partial charge in [-0.3, -0.25) is 4.98 Å². The van der Waals surface area contributed by atoms with Crippen molar-refractivity contribution in [2.24, 2.45) is 0 Å². The Morgan fingerprint density at radius 2 is 2.41 bits per heavy atom. The fourth-order valence-corrected chi connectivity index (χ4v) is 2.89. The Morgan fingerprint density at radius 1 is 1.47 bits per heavy atom. The number of fused-ring (bicyclic) bond motifs is 1. The van der Waals surface area contributed by atoms with Gasteiger partial charge in [0.15, 0.2) is 0 Å². The van der Waals surface area contributed by atoms with E-state index in [0.717, 1.165) is 29.4 Å². The summed E-state index contributed by atoms with van der Waals surface area (Å²) in [5.74, 6) is 0. The molecule has 0 amide bonds. The number of hydrogen-bond acceptors (Lipinski definition) is 5. The molecule has 1 unspecified atom stereocenters. The van der Waals surface area contributed by atoms with Crippen LogP contribution in [0.5, 0.6) is 0 Å². The third-order valence-electron chi connectivity index (χ3n) is 3.03. The third-order valence-corrected chi connectivity index (χ3v) is 4.02. The van der Waals surface area contributed by atoms with Gasteiger partial charge in [-0.05, 0) is 30.9 Å². The smallest absolute Gasteiger partial charge is 0.206 e. The minimum Gasteiger partial charge on any atom is -0.352 e. The second-order valence-electron chi connectivity index (χ2n) is 4.14. The van der Waals surface area contributed by atoms with Gasteiger partial charge in [0.2, 0.25) is 5.13 Å². The lowest BCUT2D eigenvalue weighted by atomic mass is 10.2. The van der Waals surface area contributed by atoms with E-state index in [9.17, 15) is 0 Å². The molecule has 0 aliphatic heterocycles. The number of rotatable bonds is 3. The van der Waals surface area contributed by atoms with Gasteiger partial charge in [0.05, 0.1) is 11.7 Å². The molecular formula is C12H14N4S. The van der Waals surface area contributed by atoms with Crippen molar-refractivity contribution < 1.29 is 0 Å². The van der Waals surface area contributed by atoms with E-state index < -0.39 is 0 Å². The van der Waals surface area contributed by atoms with Crippen molar-refractivity contribution in [3.63, 3.8) is 0 Å². The summed E-state index contributed by atoms with van der Waals surface area (Å²) in [4.78, 5) is 4.46. The first-order valence-corrected chi connectivity index (χ1v) is 6.71. The van der Waals surface area contributed by atoms with E-state index in [2.05, 4.69) is 33.5 Å². The molecular weight excluding hydrogens is 232 g/mol. The van der Waals surface area contributed by atoms with Crippen LogP contribution in [0.25, 0.3) is 0 Å². The van der Waals surface area contributed by atoms with E-state index in [1.165, 1.54) is 11.3 Å². The fourth-order valence-electron chi connectivity index (χ4n) is 2.16. The molecule has 0 fully saturated rings. The Hall–Kier alpha value is -1.49. The summed E-state index contributed by atoms with van der Waals surface area (Å²) < 4.78 is 0. The average Bonchev–Trinajstić information content (AvgIpc) is 2.97. The molecule has 4 nitrogen and oxygen atoms in total. The quantitative estimate of drug-likeness (QED) is 0.904. The van der Waals surface area contributed by atoms with E-state index in [-0.39, 0.29) is 0 Å². The van der Waals surface area contributed by atoms with E-state index in [1.54, 1.807) is 11.3 Å². The highest BCUT2D eigenvalue weighted by atomic mass is 32.1. The number of anilines is 1. The number of hydrogen-bond donors (Lipinski definition) is 1. The molecule has 0 radical (unpaired) electrons. The Balaban J connectivity index is 1.79. The van der Waals surface area contributed by atoms with Crippen LogP contribution in [0.2, 0.25) is 0 Å². The van der Waals surface area contributed by atoms with E-state index in [4.69, 9.17) is 0 Å². The molecule has 0 bridgehead atoms. The molecule has 1 N–H and O–H groups in total. The number of aromatic nitrogens is 3. The van der Waals surface area contributed by atoms with Gasteiger partial charge >= 0.3 is 0 Å². The minimum absolute atomic E-state index is 0.295. The molecule has 3 rings (SSSR count). The number of nitrogens with one attached hydrogen (secondary N) is 1. The lowest BCUT2D eigenvalue weighted by molar-refractivity contribution is 0.742. The predicted octanol–water partition coefficient (Wildman–Crippen LogP) is 2.59. The van der Waals surface area contributed by atoms with Gasteiger partial charge in [0.1, 0.15) is 5.01 Å². The summed E-state index contributed by atoms with van der Waals surface area (Å²) in [6.07, 6.45) is 4.99. The van der Waals surface area contributed by atoms with Crippen LogP contribution in [-0.2, 0) is 12.8 Å². The first kappa shape index (κ1) is 10.7. The number of nitrogens with zero attached hydrogens (tertiary/aromatic N) is 3.